The molecule has 7 nitrogen and oxygen atoms in total. The number of carbonyl (C=O) groups excluding carboxylic acids is 1. The lowest BCUT2D eigenvalue weighted by molar-refractivity contribution is 0.102. The predicted octanol–water partition coefficient (Wildman–Crippen LogP) is 6.39. The third-order valence-corrected chi connectivity index (χ3v) is 7.89. The van der Waals surface area contributed by atoms with E-state index in [1.165, 1.54) is 23.4 Å². The molecule has 0 bridgehead atoms. The van der Waals surface area contributed by atoms with Gasteiger partial charge in [-0.2, -0.15) is 0 Å². The minimum absolute atomic E-state index is 0.0537. The fourth-order valence-electron chi connectivity index (χ4n) is 4.50. The Balaban J connectivity index is 1.53. The Bertz CT molecular complexity index is 1720. The maximum Gasteiger partial charge on any atom is 0.266 e. The lowest BCUT2D eigenvalue weighted by Gasteiger charge is -2.17. The van der Waals surface area contributed by atoms with Crippen molar-refractivity contribution in [1.29, 1.82) is 0 Å². The van der Waals surface area contributed by atoms with Gasteiger partial charge >= 0.3 is 0 Å². The highest BCUT2D eigenvalue weighted by atomic mass is 35.5. The minimum atomic E-state index is -0.248. The van der Waals surface area contributed by atoms with Crippen molar-refractivity contribution in [3.63, 3.8) is 0 Å². The molecule has 0 spiro atoms. The molecule has 3 aromatic heterocycles. The Morgan fingerprint density at radius 2 is 1.89 bits per heavy atom. The third kappa shape index (κ3) is 4.77. The molecular weight excluding hydrogens is 522 g/mol. The van der Waals surface area contributed by atoms with E-state index in [0.717, 1.165) is 22.7 Å². The molecule has 2 aromatic carbocycles. The van der Waals surface area contributed by atoms with Crippen LogP contribution in [-0.4, -0.2) is 32.8 Å². The molecular formula is C29H26ClN3O4S. The second-order valence-electron chi connectivity index (χ2n) is 8.99. The normalized spacial score (nSPS) is 11.3. The smallest absolute Gasteiger partial charge is 0.266 e. The summed E-state index contributed by atoms with van der Waals surface area (Å²) in [5, 5.41) is 1.40. The topological polar surface area (TPSA) is 79.3 Å². The molecule has 0 N–H and O–H groups in total. The molecule has 0 unspecified atom stereocenters. The first-order valence-electron chi connectivity index (χ1n) is 12.0. The first-order chi connectivity index (χ1) is 18.3. The molecule has 194 valence electrons. The van der Waals surface area contributed by atoms with Crippen LogP contribution < -0.4 is 10.3 Å². The van der Waals surface area contributed by atoms with Gasteiger partial charge in [-0.15, -0.1) is 0 Å². The van der Waals surface area contributed by atoms with Crippen LogP contribution in [0, 0.1) is 20.8 Å². The number of Topliss-reactive ketones (excluding diaryl/α,β-unsaturated/α-hetero) is 1. The van der Waals surface area contributed by atoms with E-state index in [0.29, 0.717) is 44.6 Å². The third-order valence-electron chi connectivity index (χ3n) is 6.55. The number of hydrogen-bond acceptors (Lipinski definition) is 6. The number of thioether (sulfide) groups is 1. The number of benzene rings is 2. The van der Waals surface area contributed by atoms with Crippen LogP contribution in [0.5, 0.6) is 5.75 Å². The van der Waals surface area contributed by atoms with Crippen LogP contribution in [0.15, 0.2) is 75.2 Å². The molecule has 0 atom stereocenters. The van der Waals surface area contributed by atoms with E-state index in [1.54, 1.807) is 36.6 Å². The second-order valence-corrected chi connectivity index (χ2v) is 10.3. The zero-order chi connectivity index (χ0) is 27.0. The Morgan fingerprint density at radius 3 is 2.63 bits per heavy atom. The van der Waals surface area contributed by atoms with E-state index in [4.69, 9.17) is 25.7 Å². The van der Waals surface area contributed by atoms with Gasteiger partial charge in [-0.05, 0) is 62.7 Å². The van der Waals surface area contributed by atoms with Gasteiger partial charge in [0.2, 0.25) is 0 Å². The van der Waals surface area contributed by atoms with Crippen molar-refractivity contribution in [1.82, 2.24) is 14.1 Å². The number of ketones is 1. The molecule has 5 aromatic rings. The van der Waals surface area contributed by atoms with Crippen molar-refractivity contribution in [3.05, 3.63) is 105 Å². The summed E-state index contributed by atoms with van der Waals surface area (Å²) in [6.07, 6.45) is 1.64. The quantitative estimate of drug-likeness (QED) is 0.127. The van der Waals surface area contributed by atoms with Crippen LogP contribution in [0.4, 0.5) is 0 Å². The molecule has 5 rings (SSSR count). The van der Waals surface area contributed by atoms with Crippen LogP contribution in [0.25, 0.3) is 16.6 Å². The number of ether oxygens (including phenoxy) is 1. The summed E-state index contributed by atoms with van der Waals surface area (Å²) in [6, 6.07) is 16.3. The summed E-state index contributed by atoms with van der Waals surface area (Å²) in [7, 11) is 1.53. The van der Waals surface area contributed by atoms with Gasteiger partial charge in [-0.3, -0.25) is 14.2 Å². The fraction of sp³-hybridized carbons (Fsp3) is 0.207. The molecule has 0 aliphatic heterocycles. The Morgan fingerprint density at radius 1 is 1.11 bits per heavy atom. The Kier molecular flexibility index (Phi) is 7.19. The van der Waals surface area contributed by atoms with E-state index in [1.807, 2.05) is 45.0 Å². The van der Waals surface area contributed by atoms with Crippen LogP contribution >= 0.6 is 23.4 Å². The van der Waals surface area contributed by atoms with Crippen LogP contribution in [0.3, 0.4) is 0 Å². The van der Waals surface area contributed by atoms with Crippen molar-refractivity contribution in [2.75, 3.05) is 12.9 Å². The van der Waals surface area contributed by atoms with E-state index in [2.05, 4.69) is 4.57 Å². The number of hydrogen-bond donors (Lipinski definition) is 0. The molecule has 0 aliphatic rings. The molecule has 3 heterocycles. The first-order valence-corrected chi connectivity index (χ1v) is 13.4. The minimum Gasteiger partial charge on any atom is -0.495 e. The SMILES string of the molecule is COc1cc(Cl)c(C)cc1-n1c(SCC(=O)c2cc(C)n(Cc3ccco3)c2C)nc2ccccc2c1=O. The van der Waals surface area contributed by atoms with Gasteiger partial charge in [0.05, 0.1) is 42.3 Å². The van der Waals surface area contributed by atoms with Crippen molar-refractivity contribution < 1.29 is 13.9 Å². The standard InChI is InChI=1S/C29H26ClN3O4S/c1-17-12-25(27(36-4)14-23(17)30)33-28(35)21-9-5-6-10-24(21)31-29(33)38-16-26(34)22-13-18(2)32(19(22)3)15-20-8-7-11-37-20/h5-14H,15-16H2,1-4H3. The van der Waals surface area contributed by atoms with Gasteiger partial charge in [0.25, 0.3) is 5.56 Å². The molecule has 9 heteroatoms. The Labute approximate surface area is 229 Å². The van der Waals surface area contributed by atoms with Gasteiger partial charge in [-0.25, -0.2) is 4.98 Å². The lowest BCUT2D eigenvalue weighted by atomic mass is 10.2. The van der Waals surface area contributed by atoms with Gasteiger partial charge in [-0.1, -0.05) is 35.5 Å². The number of para-hydroxylation sites is 1. The average Bonchev–Trinajstić information content (AvgIpc) is 3.53. The number of fused-ring (bicyclic) bond motifs is 1. The highest BCUT2D eigenvalue weighted by Crippen LogP contribution is 2.32. The number of nitrogens with zero attached hydrogens (tertiary/aromatic N) is 3. The van der Waals surface area contributed by atoms with Gasteiger partial charge in [0.15, 0.2) is 10.9 Å². The zero-order valence-electron chi connectivity index (χ0n) is 21.4. The molecule has 38 heavy (non-hydrogen) atoms. The number of methoxy groups -OCH3 is 1. The van der Waals surface area contributed by atoms with E-state index in [-0.39, 0.29) is 17.1 Å². The van der Waals surface area contributed by atoms with Gasteiger partial charge in [0, 0.05) is 28.0 Å². The van der Waals surface area contributed by atoms with E-state index >= 15 is 0 Å². The summed E-state index contributed by atoms with van der Waals surface area (Å²) in [6.45, 7) is 6.31. The van der Waals surface area contributed by atoms with Crippen molar-refractivity contribution >= 4 is 40.0 Å². The monoisotopic (exact) mass is 547 g/mol. The molecule has 0 saturated carbocycles. The molecule has 0 fully saturated rings. The number of aryl methyl sites for hydroxylation is 2. The zero-order valence-corrected chi connectivity index (χ0v) is 23.0. The van der Waals surface area contributed by atoms with E-state index < -0.39 is 0 Å². The molecule has 0 saturated heterocycles. The van der Waals surface area contributed by atoms with Crippen molar-refractivity contribution in [2.45, 2.75) is 32.5 Å². The summed E-state index contributed by atoms with van der Waals surface area (Å²) in [5.41, 5.74) is 4.09. The largest absolute Gasteiger partial charge is 0.495 e. The molecule has 0 aliphatic carbocycles. The van der Waals surface area contributed by atoms with Gasteiger partial charge < -0.3 is 13.7 Å². The number of halogens is 1. The Hall–Kier alpha value is -3.75. The average molecular weight is 548 g/mol. The summed E-state index contributed by atoms with van der Waals surface area (Å²) < 4.78 is 14.6. The number of carbonyl (C=O) groups is 1. The van der Waals surface area contributed by atoms with Gasteiger partial charge in [0.1, 0.15) is 11.5 Å². The summed E-state index contributed by atoms with van der Waals surface area (Å²) in [4.78, 5) is 31.9. The highest BCUT2D eigenvalue weighted by Gasteiger charge is 2.21. The van der Waals surface area contributed by atoms with Crippen LogP contribution in [0.2, 0.25) is 5.02 Å². The number of aromatic nitrogens is 3. The fourth-order valence-corrected chi connectivity index (χ4v) is 5.54. The number of rotatable bonds is 8. The molecule has 0 amide bonds. The maximum absolute atomic E-state index is 13.7. The summed E-state index contributed by atoms with van der Waals surface area (Å²) >= 11 is 7.55. The van der Waals surface area contributed by atoms with Crippen molar-refractivity contribution in [3.8, 4) is 11.4 Å². The highest BCUT2D eigenvalue weighted by molar-refractivity contribution is 7.99. The van der Waals surface area contributed by atoms with E-state index in [9.17, 15) is 9.59 Å². The maximum atomic E-state index is 13.7. The first kappa shape index (κ1) is 25.9. The van der Waals surface area contributed by atoms with Crippen LogP contribution in [0.1, 0.15) is 33.1 Å². The lowest BCUT2D eigenvalue weighted by Crippen LogP contribution is -2.23. The second kappa shape index (κ2) is 10.6. The number of furan rings is 1. The summed E-state index contributed by atoms with van der Waals surface area (Å²) in [5.74, 6) is 1.30. The van der Waals surface area contributed by atoms with Crippen LogP contribution in [-0.2, 0) is 6.54 Å². The molecule has 0 radical (unpaired) electrons. The van der Waals surface area contributed by atoms with Crippen molar-refractivity contribution in [2.24, 2.45) is 0 Å². The predicted molar refractivity (Wildman–Crippen MR) is 150 cm³/mol.